The van der Waals surface area contributed by atoms with E-state index in [4.69, 9.17) is 16.7 Å². The lowest BCUT2D eigenvalue weighted by Gasteiger charge is -2.15. The Kier molecular flexibility index (Phi) is 3.97. The molecule has 0 aliphatic rings. The molecule has 1 rings (SSSR count). The molecule has 4 heteroatoms. The Morgan fingerprint density at radius 1 is 1.60 bits per heavy atom. The number of carboxylic acid groups (broad SMARTS) is 1. The van der Waals surface area contributed by atoms with Gasteiger partial charge in [-0.15, -0.1) is 0 Å². The Labute approximate surface area is 94.1 Å². The van der Waals surface area contributed by atoms with Crippen LogP contribution in [0.2, 0.25) is 5.02 Å². The molecule has 0 spiro atoms. The third-order valence-electron chi connectivity index (χ3n) is 2.08. The van der Waals surface area contributed by atoms with Gasteiger partial charge in [0, 0.05) is 16.8 Å². The lowest BCUT2D eigenvalue weighted by atomic mass is 10.1. The van der Waals surface area contributed by atoms with E-state index in [1.54, 1.807) is 6.07 Å². The number of anilines is 1. The molecular formula is C11H14ClNO2. The summed E-state index contributed by atoms with van der Waals surface area (Å²) in [5.41, 5.74) is 1.94. The molecule has 1 atom stereocenters. The fraction of sp³-hybridized carbons (Fsp3) is 0.364. The Morgan fingerprint density at radius 2 is 2.27 bits per heavy atom. The highest BCUT2D eigenvalue weighted by Crippen LogP contribution is 2.21. The Morgan fingerprint density at radius 3 is 2.87 bits per heavy atom. The molecule has 0 heterocycles. The van der Waals surface area contributed by atoms with Crippen LogP contribution in [0.4, 0.5) is 5.69 Å². The van der Waals surface area contributed by atoms with Crippen LogP contribution < -0.4 is 5.32 Å². The second-order valence-corrected chi connectivity index (χ2v) is 4.04. The van der Waals surface area contributed by atoms with Gasteiger partial charge in [0.15, 0.2) is 0 Å². The van der Waals surface area contributed by atoms with Crippen LogP contribution in [-0.2, 0) is 4.79 Å². The molecule has 15 heavy (non-hydrogen) atoms. The maximum atomic E-state index is 10.5. The second kappa shape index (κ2) is 5.03. The Balaban J connectivity index is 2.71. The number of carboxylic acids is 1. The molecule has 1 aromatic rings. The quantitative estimate of drug-likeness (QED) is 0.832. The molecule has 3 nitrogen and oxygen atoms in total. The standard InChI is InChI=1S/C11H14ClNO2/c1-7-3-4-9(12)6-10(7)13-8(2)5-11(14)15/h3-4,6,8,13H,5H2,1-2H3,(H,14,15). The Hall–Kier alpha value is -1.22. The van der Waals surface area contributed by atoms with E-state index in [9.17, 15) is 4.79 Å². The molecule has 0 amide bonds. The van der Waals surface area contributed by atoms with Gasteiger partial charge in [-0.3, -0.25) is 4.79 Å². The summed E-state index contributed by atoms with van der Waals surface area (Å²) in [4.78, 5) is 10.5. The van der Waals surface area contributed by atoms with Gasteiger partial charge >= 0.3 is 5.97 Å². The first-order valence-electron chi connectivity index (χ1n) is 4.73. The van der Waals surface area contributed by atoms with Gasteiger partial charge in [0.1, 0.15) is 0 Å². The van der Waals surface area contributed by atoms with Crippen molar-refractivity contribution in [2.45, 2.75) is 26.3 Å². The lowest BCUT2D eigenvalue weighted by molar-refractivity contribution is -0.137. The van der Waals surface area contributed by atoms with Crippen LogP contribution in [0.15, 0.2) is 18.2 Å². The molecule has 0 aliphatic carbocycles. The number of rotatable bonds is 4. The first kappa shape index (κ1) is 11.9. The number of aliphatic carboxylic acids is 1. The molecule has 0 bridgehead atoms. The average Bonchev–Trinajstić information content (AvgIpc) is 2.10. The highest BCUT2D eigenvalue weighted by atomic mass is 35.5. The maximum absolute atomic E-state index is 10.5. The smallest absolute Gasteiger partial charge is 0.305 e. The molecule has 0 fully saturated rings. The van der Waals surface area contributed by atoms with Crippen molar-refractivity contribution in [3.63, 3.8) is 0 Å². The molecule has 0 aromatic heterocycles. The van der Waals surface area contributed by atoms with E-state index in [1.165, 1.54) is 0 Å². The van der Waals surface area contributed by atoms with Crippen molar-refractivity contribution in [1.29, 1.82) is 0 Å². The minimum absolute atomic E-state index is 0.0892. The van der Waals surface area contributed by atoms with E-state index in [0.29, 0.717) is 5.02 Å². The molecule has 82 valence electrons. The summed E-state index contributed by atoms with van der Waals surface area (Å²) in [7, 11) is 0. The minimum Gasteiger partial charge on any atom is -0.481 e. The first-order valence-corrected chi connectivity index (χ1v) is 5.11. The molecule has 0 saturated carbocycles. The maximum Gasteiger partial charge on any atom is 0.305 e. The summed E-state index contributed by atoms with van der Waals surface area (Å²) >= 11 is 5.85. The summed E-state index contributed by atoms with van der Waals surface area (Å²) in [5, 5.41) is 12.4. The summed E-state index contributed by atoms with van der Waals surface area (Å²) in [5.74, 6) is -0.810. The van der Waals surface area contributed by atoms with Gasteiger partial charge < -0.3 is 10.4 Å². The molecular weight excluding hydrogens is 214 g/mol. The number of nitrogens with one attached hydrogen (secondary N) is 1. The largest absolute Gasteiger partial charge is 0.481 e. The van der Waals surface area contributed by atoms with E-state index in [-0.39, 0.29) is 12.5 Å². The highest BCUT2D eigenvalue weighted by Gasteiger charge is 2.08. The highest BCUT2D eigenvalue weighted by molar-refractivity contribution is 6.30. The zero-order valence-electron chi connectivity index (χ0n) is 8.75. The van der Waals surface area contributed by atoms with Gasteiger partial charge in [-0.1, -0.05) is 17.7 Å². The number of hydrogen-bond acceptors (Lipinski definition) is 2. The predicted molar refractivity (Wildman–Crippen MR) is 61.5 cm³/mol. The van der Waals surface area contributed by atoms with Crippen molar-refractivity contribution < 1.29 is 9.90 Å². The first-order chi connectivity index (χ1) is 6.99. The van der Waals surface area contributed by atoms with Crippen LogP contribution >= 0.6 is 11.6 Å². The zero-order valence-corrected chi connectivity index (χ0v) is 9.51. The number of halogens is 1. The molecule has 0 aliphatic heterocycles. The van der Waals surface area contributed by atoms with Crippen molar-refractivity contribution in [3.8, 4) is 0 Å². The summed E-state index contributed by atoms with van der Waals surface area (Å²) in [6.07, 6.45) is 0.0892. The van der Waals surface area contributed by atoms with Crippen LogP contribution in [0, 0.1) is 6.92 Å². The normalized spacial score (nSPS) is 12.2. The molecule has 2 N–H and O–H groups in total. The molecule has 0 radical (unpaired) electrons. The zero-order chi connectivity index (χ0) is 11.4. The third-order valence-corrected chi connectivity index (χ3v) is 2.32. The van der Waals surface area contributed by atoms with E-state index in [0.717, 1.165) is 11.3 Å². The summed E-state index contributed by atoms with van der Waals surface area (Å²) < 4.78 is 0. The fourth-order valence-electron chi connectivity index (χ4n) is 1.33. The van der Waals surface area contributed by atoms with Crippen LogP contribution in [0.25, 0.3) is 0 Å². The van der Waals surface area contributed by atoms with Crippen molar-refractivity contribution >= 4 is 23.3 Å². The van der Waals surface area contributed by atoms with Crippen LogP contribution in [0.5, 0.6) is 0 Å². The molecule has 1 aromatic carbocycles. The topological polar surface area (TPSA) is 49.3 Å². The lowest BCUT2D eigenvalue weighted by Crippen LogP contribution is -2.19. The van der Waals surface area contributed by atoms with Crippen LogP contribution in [0.3, 0.4) is 0 Å². The van der Waals surface area contributed by atoms with E-state index in [2.05, 4.69) is 5.32 Å². The van der Waals surface area contributed by atoms with E-state index >= 15 is 0 Å². The van der Waals surface area contributed by atoms with Gasteiger partial charge in [0.05, 0.1) is 6.42 Å². The van der Waals surface area contributed by atoms with Gasteiger partial charge in [0.25, 0.3) is 0 Å². The minimum atomic E-state index is -0.810. The van der Waals surface area contributed by atoms with Crippen LogP contribution in [0.1, 0.15) is 18.9 Å². The van der Waals surface area contributed by atoms with Gasteiger partial charge in [-0.25, -0.2) is 0 Å². The number of benzene rings is 1. The van der Waals surface area contributed by atoms with Gasteiger partial charge in [-0.05, 0) is 31.5 Å². The average molecular weight is 228 g/mol. The van der Waals surface area contributed by atoms with Crippen molar-refractivity contribution in [1.82, 2.24) is 0 Å². The third kappa shape index (κ3) is 3.80. The number of hydrogen-bond donors (Lipinski definition) is 2. The number of carbonyl (C=O) groups is 1. The Bertz CT molecular complexity index is 366. The fourth-order valence-corrected chi connectivity index (χ4v) is 1.50. The van der Waals surface area contributed by atoms with Crippen molar-refractivity contribution in [3.05, 3.63) is 28.8 Å². The summed E-state index contributed by atoms with van der Waals surface area (Å²) in [6.45, 7) is 3.78. The van der Waals surface area contributed by atoms with Crippen molar-refractivity contribution in [2.75, 3.05) is 5.32 Å². The van der Waals surface area contributed by atoms with E-state index in [1.807, 2.05) is 26.0 Å². The van der Waals surface area contributed by atoms with Crippen molar-refractivity contribution in [2.24, 2.45) is 0 Å². The second-order valence-electron chi connectivity index (χ2n) is 3.60. The molecule has 1 unspecified atom stereocenters. The predicted octanol–water partition coefficient (Wildman–Crippen LogP) is 2.92. The molecule has 0 saturated heterocycles. The summed E-state index contributed by atoms with van der Waals surface area (Å²) in [6, 6.07) is 5.40. The van der Waals surface area contributed by atoms with Crippen LogP contribution in [-0.4, -0.2) is 17.1 Å². The monoisotopic (exact) mass is 227 g/mol. The number of aryl methyl sites for hydroxylation is 1. The van der Waals surface area contributed by atoms with Gasteiger partial charge in [0.2, 0.25) is 0 Å². The SMILES string of the molecule is Cc1ccc(Cl)cc1NC(C)CC(=O)O. The van der Waals surface area contributed by atoms with Gasteiger partial charge in [-0.2, -0.15) is 0 Å². The van der Waals surface area contributed by atoms with E-state index < -0.39 is 5.97 Å².